The molecule has 0 fully saturated rings. The van der Waals surface area contributed by atoms with E-state index in [2.05, 4.69) is 15.0 Å². The van der Waals surface area contributed by atoms with Crippen LogP contribution >= 0.6 is 0 Å². The Bertz CT molecular complexity index is 785. The van der Waals surface area contributed by atoms with Crippen molar-refractivity contribution in [2.24, 2.45) is 0 Å². The van der Waals surface area contributed by atoms with Gasteiger partial charge in [0.2, 0.25) is 0 Å². The zero-order chi connectivity index (χ0) is 17.5. The van der Waals surface area contributed by atoms with Crippen LogP contribution in [-0.4, -0.2) is 28.9 Å². The monoisotopic (exact) mass is 327 g/mol. The lowest BCUT2D eigenvalue weighted by molar-refractivity contribution is -0.384. The fraction of sp³-hybridized carbons (Fsp3) is 0.0625. The van der Waals surface area contributed by atoms with Crippen LogP contribution in [0, 0.1) is 10.1 Å². The van der Waals surface area contributed by atoms with Crippen molar-refractivity contribution in [1.29, 1.82) is 0 Å². The van der Waals surface area contributed by atoms with Gasteiger partial charge in [-0.15, -0.1) is 0 Å². The molecule has 1 aromatic carbocycles. The average Bonchev–Trinajstić information content (AvgIpc) is 2.61. The fourth-order valence-electron chi connectivity index (χ4n) is 1.81. The second-order valence-electron chi connectivity index (χ2n) is 4.59. The molecule has 0 saturated heterocycles. The minimum Gasteiger partial charge on any atom is -0.464 e. The smallest absolute Gasteiger partial charge is 0.354 e. The molecule has 1 heterocycles. The summed E-state index contributed by atoms with van der Waals surface area (Å²) in [6.45, 7) is 0. The molecule has 0 aliphatic rings. The number of pyridine rings is 1. The Morgan fingerprint density at radius 2 is 1.96 bits per heavy atom. The van der Waals surface area contributed by atoms with Crippen LogP contribution in [0.4, 0.5) is 5.69 Å². The summed E-state index contributed by atoms with van der Waals surface area (Å²) in [7, 11) is 1.19. The van der Waals surface area contributed by atoms with Gasteiger partial charge in [0.1, 0.15) is 5.70 Å². The maximum atomic E-state index is 12.2. The molecule has 1 N–H and O–H groups in total. The Hall–Kier alpha value is -3.55. The van der Waals surface area contributed by atoms with Crippen molar-refractivity contribution in [3.05, 3.63) is 75.7 Å². The third-order valence-corrected chi connectivity index (χ3v) is 2.99. The van der Waals surface area contributed by atoms with E-state index in [-0.39, 0.29) is 16.9 Å². The van der Waals surface area contributed by atoms with Crippen LogP contribution in [0.15, 0.2) is 54.5 Å². The van der Waals surface area contributed by atoms with Crippen molar-refractivity contribution in [3.63, 3.8) is 0 Å². The number of amides is 1. The summed E-state index contributed by atoms with van der Waals surface area (Å²) in [6.07, 6.45) is 4.51. The molecule has 2 rings (SSSR count). The Morgan fingerprint density at radius 3 is 2.50 bits per heavy atom. The van der Waals surface area contributed by atoms with Crippen molar-refractivity contribution in [2.75, 3.05) is 7.11 Å². The molecule has 8 heteroatoms. The van der Waals surface area contributed by atoms with E-state index in [1.807, 2.05) is 0 Å². The molecule has 8 nitrogen and oxygen atoms in total. The summed E-state index contributed by atoms with van der Waals surface area (Å²) in [5.41, 5.74) is 0.558. The number of ether oxygens (including phenoxy) is 1. The normalized spacial score (nSPS) is 10.8. The van der Waals surface area contributed by atoms with Gasteiger partial charge in [-0.3, -0.25) is 19.9 Å². The standard InChI is InChI=1S/C16H13N3O5/c1-24-16(21)14(9-11-3-2-8-17-10-11)18-15(20)12-4-6-13(7-5-12)19(22)23/h2-10H,1H3,(H,18,20)/b14-9+. The highest BCUT2D eigenvalue weighted by Gasteiger charge is 2.16. The number of nitrogens with one attached hydrogen (secondary N) is 1. The molecule has 122 valence electrons. The molecule has 0 aliphatic carbocycles. The number of benzene rings is 1. The number of nitro benzene ring substituents is 1. The van der Waals surface area contributed by atoms with Gasteiger partial charge in [0, 0.05) is 30.1 Å². The molecule has 2 aromatic rings. The van der Waals surface area contributed by atoms with E-state index in [1.54, 1.807) is 18.3 Å². The van der Waals surface area contributed by atoms with E-state index in [9.17, 15) is 19.7 Å². The number of non-ortho nitro benzene ring substituents is 1. The highest BCUT2D eigenvalue weighted by Crippen LogP contribution is 2.13. The first kappa shape index (κ1) is 16.8. The number of hydrogen-bond acceptors (Lipinski definition) is 6. The number of hydrogen-bond donors (Lipinski definition) is 1. The maximum absolute atomic E-state index is 12.2. The molecular formula is C16H13N3O5. The van der Waals surface area contributed by atoms with Gasteiger partial charge >= 0.3 is 5.97 Å². The van der Waals surface area contributed by atoms with Crippen molar-refractivity contribution in [3.8, 4) is 0 Å². The predicted molar refractivity (Wildman–Crippen MR) is 84.8 cm³/mol. The number of nitro groups is 1. The molecule has 0 atom stereocenters. The van der Waals surface area contributed by atoms with Gasteiger partial charge < -0.3 is 10.1 Å². The van der Waals surface area contributed by atoms with E-state index in [0.717, 1.165) is 0 Å². The van der Waals surface area contributed by atoms with Crippen molar-refractivity contribution < 1.29 is 19.2 Å². The lowest BCUT2D eigenvalue weighted by Crippen LogP contribution is -2.28. The van der Waals surface area contributed by atoms with Crippen molar-refractivity contribution >= 4 is 23.6 Å². The molecular weight excluding hydrogens is 314 g/mol. The summed E-state index contributed by atoms with van der Waals surface area (Å²) in [6, 6.07) is 8.39. The van der Waals surface area contributed by atoms with Crippen LogP contribution < -0.4 is 5.32 Å². The van der Waals surface area contributed by atoms with E-state index in [1.165, 1.54) is 43.6 Å². The van der Waals surface area contributed by atoms with Crippen LogP contribution in [0.3, 0.4) is 0 Å². The highest BCUT2D eigenvalue weighted by molar-refractivity contribution is 6.03. The van der Waals surface area contributed by atoms with Crippen LogP contribution in [0.2, 0.25) is 0 Å². The zero-order valence-electron chi connectivity index (χ0n) is 12.6. The topological polar surface area (TPSA) is 111 Å². The molecule has 0 spiro atoms. The average molecular weight is 327 g/mol. The quantitative estimate of drug-likeness (QED) is 0.389. The number of rotatable bonds is 5. The second-order valence-corrected chi connectivity index (χ2v) is 4.59. The molecule has 0 saturated carbocycles. The van der Waals surface area contributed by atoms with Crippen molar-refractivity contribution in [2.45, 2.75) is 0 Å². The maximum Gasteiger partial charge on any atom is 0.354 e. The summed E-state index contributed by atoms with van der Waals surface area (Å²) in [4.78, 5) is 38.0. The number of esters is 1. The zero-order valence-corrected chi connectivity index (χ0v) is 12.6. The minimum absolute atomic E-state index is 0.0751. The Kier molecular flexibility index (Phi) is 5.35. The Labute approximate surface area is 136 Å². The first-order valence-electron chi connectivity index (χ1n) is 6.77. The van der Waals surface area contributed by atoms with Crippen LogP contribution in [-0.2, 0) is 9.53 Å². The summed E-state index contributed by atoms with van der Waals surface area (Å²) < 4.78 is 4.64. The Balaban J connectivity index is 2.23. The van der Waals surface area contributed by atoms with Gasteiger partial charge in [-0.1, -0.05) is 6.07 Å². The van der Waals surface area contributed by atoms with E-state index in [4.69, 9.17) is 0 Å². The van der Waals surface area contributed by atoms with E-state index < -0.39 is 16.8 Å². The molecule has 24 heavy (non-hydrogen) atoms. The third kappa shape index (κ3) is 4.23. The van der Waals surface area contributed by atoms with Gasteiger partial charge in [-0.2, -0.15) is 0 Å². The number of carbonyl (C=O) groups excluding carboxylic acids is 2. The molecule has 0 bridgehead atoms. The molecule has 1 aromatic heterocycles. The second kappa shape index (κ2) is 7.63. The fourth-order valence-corrected chi connectivity index (χ4v) is 1.81. The number of aromatic nitrogens is 1. The number of methoxy groups -OCH3 is 1. The number of nitrogens with zero attached hydrogens (tertiary/aromatic N) is 2. The largest absolute Gasteiger partial charge is 0.464 e. The first-order chi connectivity index (χ1) is 11.5. The number of carbonyl (C=O) groups is 2. The highest BCUT2D eigenvalue weighted by atomic mass is 16.6. The summed E-state index contributed by atoms with van der Waals surface area (Å²) >= 11 is 0. The van der Waals surface area contributed by atoms with Crippen LogP contribution in [0.25, 0.3) is 6.08 Å². The molecule has 0 unspecified atom stereocenters. The summed E-state index contributed by atoms with van der Waals surface area (Å²) in [5.74, 6) is -1.32. The van der Waals surface area contributed by atoms with Gasteiger partial charge in [0.25, 0.3) is 11.6 Å². The van der Waals surface area contributed by atoms with Crippen molar-refractivity contribution in [1.82, 2.24) is 10.3 Å². The summed E-state index contributed by atoms with van der Waals surface area (Å²) in [5, 5.41) is 13.1. The lowest BCUT2D eigenvalue weighted by Gasteiger charge is -2.08. The predicted octanol–water partition coefficient (Wildman–Crippen LogP) is 1.93. The molecule has 0 radical (unpaired) electrons. The van der Waals surface area contributed by atoms with E-state index >= 15 is 0 Å². The van der Waals surface area contributed by atoms with Gasteiger partial charge in [-0.25, -0.2) is 4.79 Å². The first-order valence-corrected chi connectivity index (χ1v) is 6.77. The lowest BCUT2D eigenvalue weighted by atomic mass is 10.2. The van der Waals surface area contributed by atoms with Gasteiger partial charge in [0.05, 0.1) is 12.0 Å². The third-order valence-electron chi connectivity index (χ3n) is 2.99. The Morgan fingerprint density at radius 1 is 1.25 bits per heavy atom. The van der Waals surface area contributed by atoms with Crippen LogP contribution in [0.5, 0.6) is 0 Å². The van der Waals surface area contributed by atoms with Gasteiger partial charge in [0.15, 0.2) is 0 Å². The SMILES string of the molecule is COC(=O)/C(=C\c1cccnc1)NC(=O)c1ccc([N+](=O)[O-])cc1. The van der Waals surface area contributed by atoms with E-state index in [0.29, 0.717) is 5.56 Å². The molecule has 0 aliphatic heterocycles. The van der Waals surface area contributed by atoms with Crippen LogP contribution in [0.1, 0.15) is 15.9 Å². The minimum atomic E-state index is -0.728. The molecule has 1 amide bonds. The van der Waals surface area contributed by atoms with Gasteiger partial charge in [-0.05, 0) is 29.8 Å².